The average Bonchev–Trinajstić information content (AvgIpc) is 2.76. The molecule has 0 atom stereocenters. The third kappa shape index (κ3) is 3.46. The van der Waals surface area contributed by atoms with Crippen LogP contribution in [0.3, 0.4) is 0 Å². The van der Waals surface area contributed by atoms with E-state index in [9.17, 15) is 0 Å². The Kier molecular flexibility index (Phi) is 3.62. The van der Waals surface area contributed by atoms with E-state index in [2.05, 4.69) is 20.6 Å². The van der Waals surface area contributed by atoms with Gasteiger partial charge in [-0.25, -0.2) is 0 Å². The van der Waals surface area contributed by atoms with Crippen molar-refractivity contribution < 1.29 is 0 Å². The van der Waals surface area contributed by atoms with Gasteiger partial charge in [-0.3, -0.25) is 9.36 Å². The van der Waals surface area contributed by atoms with E-state index in [1.165, 1.54) is 0 Å². The predicted octanol–water partition coefficient (Wildman–Crippen LogP) is 0.113. The first-order valence-corrected chi connectivity index (χ1v) is 3.97. The van der Waals surface area contributed by atoms with Gasteiger partial charge in [0.25, 0.3) is 0 Å². The number of hydrogen-bond donors (Lipinski definition) is 0. The van der Waals surface area contributed by atoms with Crippen LogP contribution in [0.15, 0.2) is 24.8 Å². The van der Waals surface area contributed by atoms with Crippen molar-refractivity contribution in [3.63, 3.8) is 0 Å². The van der Waals surface area contributed by atoms with Gasteiger partial charge in [0.15, 0.2) is 0 Å². The zero-order valence-corrected chi connectivity index (χ0v) is 7.70. The van der Waals surface area contributed by atoms with Gasteiger partial charge in [-0.2, -0.15) is 0 Å². The first-order valence-electron chi connectivity index (χ1n) is 3.97. The average molecular weight is 180 g/mol. The normalized spacial score (nSPS) is 9.08. The highest BCUT2D eigenvalue weighted by Crippen LogP contribution is 1.75. The van der Waals surface area contributed by atoms with Gasteiger partial charge < -0.3 is 0 Å². The van der Waals surface area contributed by atoms with Crippen LogP contribution >= 0.6 is 0 Å². The molecule has 0 saturated carbocycles. The van der Waals surface area contributed by atoms with Gasteiger partial charge in [-0.15, -0.1) is 10.2 Å². The van der Waals surface area contributed by atoms with Crippen molar-refractivity contribution in [2.45, 2.75) is 13.5 Å². The van der Waals surface area contributed by atoms with Crippen LogP contribution in [0.4, 0.5) is 0 Å². The lowest BCUT2D eigenvalue weighted by Gasteiger charge is -1.85. The van der Waals surface area contributed by atoms with E-state index >= 15 is 0 Å². The van der Waals surface area contributed by atoms with E-state index in [0.29, 0.717) is 0 Å². The molecule has 2 heterocycles. The molecule has 0 radical (unpaired) electrons. The molecule has 0 saturated heterocycles. The van der Waals surface area contributed by atoms with Gasteiger partial charge in [0.05, 0.1) is 12.4 Å². The minimum absolute atomic E-state index is 0.903. The minimum Gasteiger partial charge on any atom is -0.256 e. The minimum atomic E-state index is 0.903. The van der Waals surface area contributed by atoms with Crippen molar-refractivity contribution in [2.24, 2.45) is 7.05 Å². The van der Waals surface area contributed by atoms with Crippen LogP contribution in [0.2, 0.25) is 0 Å². The molecule has 0 aliphatic heterocycles. The molecule has 0 aliphatic rings. The summed E-state index contributed by atoms with van der Waals surface area (Å²) in [5.41, 5.74) is 0. The summed E-state index contributed by atoms with van der Waals surface area (Å²) in [6, 6.07) is 0. The molecule has 0 fully saturated rings. The second-order valence-electron chi connectivity index (χ2n) is 2.34. The topological polar surface area (TPSA) is 61.4 Å². The first kappa shape index (κ1) is 9.37. The van der Waals surface area contributed by atoms with Crippen molar-refractivity contribution in [3.05, 3.63) is 24.8 Å². The van der Waals surface area contributed by atoms with Gasteiger partial charge in [-0.05, 0) is 6.92 Å². The Bertz CT molecular complexity index is 298. The van der Waals surface area contributed by atoms with Crippen LogP contribution in [-0.2, 0) is 13.6 Å². The molecule has 0 amide bonds. The molecular weight excluding hydrogens is 168 g/mol. The molecule has 6 nitrogen and oxygen atoms in total. The zero-order chi connectivity index (χ0) is 9.52. The number of rotatable bonds is 1. The maximum absolute atomic E-state index is 3.70. The Morgan fingerprint density at radius 2 is 1.77 bits per heavy atom. The molecule has 0 aromatic carbocycles. The van der Waals surface area contributed by atoms with Crippen LogP contribution < -0.4 is 0 Å². The lowest BCUT2D eigenvalue weighted by molar-refractivity contribution is 0.627. The Balaban J connectivity index is 0.000000132. The smallest absolute Gasteiger partial charge is 0.0692 e. The SMILES string of the molecule is CCn1ccnn1.Cn1ccnn1. The predicted molar refractivity (Wildman–Crippen MR) is 46.7 cm³/mol. The van der Waals surface area contributed by atoms with Crippen molar-refractivity contribution >= 4 is 0 Å². The van der Waals surface area contributed by atoms with Gasteiger partial charge >= 0.3 is 0 Å². The number of nitrogens with zero attached hydrogens (tertiary/aromatic N) is 6. The molecule has 2 rings (SSSR count). The molecule has 13 heavy (non-hydrogen) atoms. The molecular formula is C7H12N6. The third-order valence-electron chi connectivity index (χ3n) is 1.34. The summed E-state index contributed by atoms with van der Waals surface area (Å²) < 4.78 is 3.40. The summed E-state index contributed by atoms with van der Waals surface area (Å²) in [6.45, 7) is 2.93. The van der Waals surface area contributed by atoms with Gasteiger partial charge in [0.2, 0.25) is 0 Å². The maximum Gasteiger partial charge on any atom is 0.0692 e. The van der Waals surface area contributed by atoms with E-state index in [1.807, 2.05) is 20.2 Å². The fourth-order valence-electron chi connectivity index (χ4n) is 0.669. The number of aryl methyl sites for hydroxylation is 2. The van der Waals surface area contributed by atoms with Crippen LogP contribution in [0, 0.1) is 0 Å². The van der Waals surface area contributed by atoms with E-state index in [0.717, 1.165) is 6.54 Å². The van der Waals surface area contributed by atoms with Crippen molar-refractivity contribution in [1.82, 2.24) is 30.0 Å². The van der Waals surface area contributed by atoms with Crippen LogP contribution in [-0.4, -0.2) is 30.0 Å². The monoisotopic (exact) mass is 180 g/mol. The Hall–Kier alpha value is -1.72. The molecule has 70 valence electrons. The molecule has 0 spiro atoms. The van der Waals surface area contributed by atoms with Crippen molar-refractivity contribution in [3.8, 4) is 0 Å². The molecule has 0 bridgehead atoms. The highest BCUT2D eigenvalue weighted by Gasteiger charge is 1.78. The van der Waals surface area contributed by atoms with Crippen molar-refractivity contribution in [1.29, 1.82) is 0 Å². The molecule has 0 N–H and O–H groups in total. The van der Waals surface area contributed by atoms with Gasteiger partial charge in [-0.1, -0.05) is 10.4 Å². The second kappa shape index (κ2) is 5.02. The first-order chi connectivity index (χ1) is 6.33. The van der Waals surface area contributed by atoms with E-state index < -0.39 is 0 Å². The summed E-state index contributed by atoms with van der Waals surface area (Å²) in [7, 11) is 1.83. The standard InChI is InChI=1S/C4H7N3.C3H5N3/c1-2-7-4-3-5-6-7;1-6-3-2-4-5-6/h3-4H,2H2,1H3;2-3H,1H3. The van der Waals surface area contributed by atoms with E-state index in [-0.39, 0.29) is 0 Å². The Morgan fingerprint density at radius 1 is 1.08 bits per heavy atom. The highest BCUT2D eigenvalue weighted by molar-refractivity contribution is 4.61. The second-order valence-corrected chi connectivity index (χ2v) is 2.34. The van der Waals surface area contributed by atoms with E-state index in [4.69, 9.17) is 0 Å². The highest BCUT2D eigenvalue weighted by atomic mass is 15.4. The van der Waals surface area contributed by atoms with Gasteiger partial charge in [0, 0.05) is 26.0 Å². The summed E-state index contributed by atoms with van der Waals surface area (Å²) in [5, 5.41) is 14.4. The lowest BCUT2D eigenvalue weighted by atomic mass is 10.7. The van der Waals surface area contributed by atoms with Crippen molar-refractivity contribution in [2.75, 3.05) is 0 Å². The summed E-state index contributed by atoms with van der Waals surface area (Å²) >= 11 is 0. The van der Waals surface area contributed by atoms with Crippen LogP contribution in [0.25, 0.3) is 0 Å². The number of aromatic nitrogens is 6. The molecule has 2 aromatic rings. The summed E-state index contributed by atoms with van der Waals surface area (Å²) in [4.78, 5) is 0. The summed E-state index contributed by atoms with van der Waals surface area (Å²) in [5.74, 6) is 0. The fourth-order valence-corrected chi connectivity index (χ4v) is 0.669. The fraction of sp³-hybridized carbons (Fsp3) is 0.429. The molecule has 2 aromatic heterocycles. The number of hydrogen-bond acceptors (Lipinski definition) is 4. The third-order valence-corrected chi connectivity index (χ3v) is 1.34. The molecule has 0 aliphatic carbocycles. The summed E-state index contributed by atoms with van der Waals surface area (Å²) in [6.07, 6.45) is 6.92. The molecule has 0 unspecified atom stereocenters. The van der Waals surface area contributed by atoms with E-state index in [1.54, 1.807) is 28.0 Å². The van der Waals surface area contributed by atoms with Gasteiger partial charge in [0.1, 0.15) is 0 Å². The zero-order valence-electron chi connectivity index (χ0n) is 7.70. The largest absolute Gasteiger partial charge is 0.256 e. The van der Waals surface area contributed by atoms with Crippen LogP contribution in [0.5, 0.6) is 0 Å². The van der Waals surface area contributed by atoms with Crippen LogP contribution in [0.1, 0.15) is 6.92 Å². The molecule has 6 heteroatoms. The maximum atomic E-state index is 3.70. The quantitative estimate of drug-likeness (QED) is 0.625. The Labute approximate surface area is 76.2 Å². The Morgan fingerprint density at radius 3 is 2.00 bits per heavy atom. The lowest BCUT2D eigenvalue weighted by Crippen LogP contribution is -1.92.